The topological polar surface area (TPSA) is 29.5 Å². The lowest BCUT2D eigenvalue weighted by Gasteiger charge is -2.09. The van der Waals surface area contributed by atoms with Crippen LogP contribution in [0.2, 0.25) is 10.0 Å². The van der Waals surface area contributed by atoms with Crippen molar-refractivity contribution in [3.8, 4) is 5.75 Å². The molecule has 0 spiro atoms. The Morgan fingerprint density at radius 1 is 1.08 bits per heavy atom. The van der Waals surface area contributed by atoms with Crippen LogP contribution in [0.1, 0.15) is 5.89 Å². The molecule has 1 aliphatic rings. The van der Waals surface area contributed by atoms with Gasteiger partial charge < -0.3 is 14.1 Å². The van der Waals surface area contributed by atoms with Gasteiger partial charge in [-0.2, -0.15) is 4.57 Å². The SMILES string of the molecule is CN1C(=CC=Cc2oc3ccc(Cl)cc3[n+]2C)Oc2ccc(Cl)cc21. The van der Waals surface area contributed by atoms with Gasteiger partial charge in [0.05, 0.1) is 11.8 Å². The fourth-order valence-electron chi connectivity index (χ4n) is 2.78. The number of ether oxygens (including phenoxy) is 1. The van der Waals surface area contributed by atoms with Crippen LogP contribution in [0.3, 0.4) is 0 Å². The highest BCUT2D eigenvalue weighted by molar-refractivity contribution is 6.31. The largest absolute Gasteiger partial charge is 0.439 e. The standard InChI is InChI=1S/C19H15Cl2N2O2/c1-22-14-10-12(20)6-8-16(14)24-18(22)4-3-5-19-23(2)15-11-13(21)7-9-17(15)25-19/h3-11H,1-2H3/q+1. The van der Waals surface area contributed by atoms with Crippen molar-refractivity contribution in [3.63, 3.8) is 0 Å². The van der Waals surface area contributed by atoms with Crippen LogP contribution in [-0.2, 0) is 7.05 Å². The van der Waals surface area contributed by atoms with E-state index < -0.39 is 0 Å². The minimum atomic E-state index is 0.680. The van der Waals surface area contributed by atoms with E-state index in [0.717, 1.165) is 34.3 Å². The first-order chi connectivity index (χ1) is 12.0. The molecule has 3 aromatic rings. The van der Waals surface area contributed by atoms with Crippen LogP contribution in [0.5, 0.6) is 5.75 Å². The minimum Gasteiger partial charge on any atom is -0.439 e. The monoisotopic (exact) mass is 373 g/mol. The molecule has 1 aromatic heterocycles. The Balaban J connectivity index is 1.61. The number of benzene rings is 2. The van der Waals surface area contributed by atoms with Gasteiger partial charge in [-0.1, -0.05) is 23.2 Å². The number of nitrogens with zero attached hydrogens (tertiary/aromatic N) is 2. The molecular weight excluding hydrogens is 359 g/mol. The summed E-state index contributed by atoms with van der Waals surface area (Å²) in [5.41, 5.74) is 2.67. The number of aromatic nitrogens is 1. The first-order valence-corrected chi connectivity index (χ1v) is 8.46. The first-order valence-electron chi connectivity index (χ1n) is 7.70. The average molecular weight is 374 g/mol. The summed E-state index contributed by atoms with van der Waals surface area (Å²) < 4.78 is 13.6. The van der Waals surface area contributed by atoms with Crippen LogP contribution < -0.4 is 14.2 Å². The van der Waals surface area contributed by atoms with Gasteiger partial charge in [-0.05, 0) is 42.5 Å². The zero-order valence-corrected chi connectivity index (χ0v) is 15.2. The molecule has 1 aliphatic heterocycles. The molecule has 0 N–H and O–H groups in total. The minimum absolute atomic E-state index is 0.680. The number of rotatable bonds is 2. The molecule has 6 heteroatoms. The maximum absolute atomic E-state index is 6.05. The number of aryl methyl sites for hydroxylation is 1. The molecule has 0 atom stereocenters. The third kappa shape index (κ3) is 2.88. The van der Waals surface area contributed by atoms with E-state index >= 15 is 0 Å². The van der Waals surface area contributed by atoms with E-state index in [1.54, 1.807) is 0 Å². The molecule has 2 heterocycles. The number of halogens is 2. The highest BCUT2D eigenvalue weighted by atomic mass is 35.5. The summed E-state index contributed by atoms with van der Waals surface area (Å²) in [5, 5.41) is 1.36. The van der Waals surface area contributed by atoms with E-state index in [9.17, 15) is 0 Å². The van der Waals surface area contributed by atoms with Gasteiger partial charge in [0.1, 0.15) is 7.05 Å². The molecule has 0 saturated heterocycles. The predicted octanol–water partition coefficient (Wildman–Crippen LogP) is 4.95. The van der Waals surface area contributed by atoms with Crippen molar-refractivity contribution in [1.29, 1.82) is 0 Å². The number of anilines is 1. The van der Waals surface area contributed by atoms with E-state index in [1.165, 1.54) is 0 Å². The average Bonchev–Trinajstić information content (AvgIpc) is 3.06. The van der Waals surface area contributed by atoms with Gasteiger partial charge in [-0.25, -0.2) is 0 Å². The smallest absolute Gasteiger partial charge is 0.373 e. The molecule has 0 radical (unpaired) electrons. The van der Waals surface area contributed by atoms with Crippen LogP contribution in [0, 0.1) is 0 Å². The normalized spacial score (nSPS) is 15.4. The Morgan fingerprint density at radius 2 is 1.84 bits per heavy atom. The molecule has 25 heavy (non-hydrogen) atoms. The van der Waals surface area contributed by atoms with Gasteiger partial charge in [0.25, 0.3) is 5.52 Å². The summed E-state index contributed by atoms with van der Waals surface area (Å²) in [5.74, 6) is 2.22. The van der Waals surface area contributed by atoms with Crippen LogP contribution in [0.15, 0.2) is 58.9 Å². The quantitative estimate of drug-likeness (QED) is 0.595. The molecular formula is C19H15Cl2N2O2+. The summed E-state index contributed by atoms with van der Waals surface area (Å²) in [4.78, 5) is 1.95. The summed E-state index contributed by atoms with van der Waals surface area (Å²) in [6.45, 7) is 0. The van der Waals surface area contributed by atoms with E-state index in [1.807, 2.05) is 78.2 Å². The van der Waals surface area contributed by atoms with Crippen LogP contribution in [-0.4, -0.2) is 7.05 Å². The summed E-state index contributed by atoms with van der Waals surface area (Å²) in [7, 11) is 3.87. The van der Waals surface area contributed by atoms with Crippen LogP contribution in [0.25, 0.3) is 17.2 Å². The second-order valence-electron chi connectivity index (χ2n) is 5.75. The zero-order chi connectivity index (χ0) is 17.6. The molecule has 2 aromatic carbocycles. The molecule has 4 rings (SSSR count). The third-order valence-electron chi connectivity index (χ3n) is 4.13. The first kappa shape index (κ1) is 16.1. The van der Waals surface area contributed by atoms with Gasteiger partial charge in [0.15, 0.2) is 11.6 Å². The highest BCUT2D eigenvalue weighted by Gasteiger charge is 2.22. The van der Waals surface area contributed by atoms with Gasteiger partial charge in [0.2, 0.25) is 5.58 Å². The lowest BCUT2D eigenvalue weighted by molar-refractivity contribution is -0.652. The summed E-state index contributed by atoms with van der Waals surface area (Å²) in [6, 6.07) is 11.1. The molecule has 0 bridgehead atoms. The number of fused-ring (bicyclic) bond motifs is 2. The number of allylic oxidation sites excluding steroid dienone is 2. The Morgan fingerprint density at radius 3 is 2.68 bits per heavy atom. The zero-order valence-electron chi connectivity index (χ0n) is 13.7. The second-order valence-corrected chi connectivity index (χ2v) is 6.62. The molecule has 0 saturated carbocycles. The predicted molar refractivity (Wildman–Crippen MR) is 100 cm³/mol. The van der Waals surface area contributed by atoms with Crippen LogP contribution >= 0.6 is 23.2 Å². The molecule has 0 fully saturated rings. The fourth-order valence-corrected chi connectivity index (χ4v) is 3.11. The lowest BCUT2D eigenvalue weighted by atomic mass is 10.3. The lowest BCUT2D eigenvalue weighted by Crippen LogP contribution is -2.29. The molecule has 0 aliphatic carbocycles. The van der Waals surface area contributed by atoms with E-state index in [4.69, 9.17) is 32.4 Å². The van der Waals surface area contributed by atoms with Crippen molar-refractivity contribution in [3.05, 3.63) is 70.4 Å². The number of hydrogen-bond donors (Lipinski definition) is 0. The maximum Gasteiger partial charge on any atom is 0.373 e. The maximum atomic E-state index is 6.05. The second kappa shape index (κ2) is 6.14. The van der Waals surface area contributed by atoms with E-state index in [-0.39, 0.29) is 0 Å². The Labute approximate surface area is 155 Å². The van der Waals surface area contributed by atoms with Crippen LogP contribution in [0.4, 0.5) is 5.69 Å². The van der Waals surface area contributed by atoms with Gasteiger partial charge >= 0.3 is 5.89 Å². The van der Waals surface area contributed by atoms with Gasteiger partial charge in [0, 0.05) is 23.2 Å². The van der Waals surface area contributed by atoms with Crippen molar-refractivity contribution >= 4 is 46.1 Å². The van der Waals surface area contributed by atoms with Crippen molar-refractivity contribution in [2.24, 2.45) is 7.05 Å². The van der Waals surface area contributed by atoms with Crippen molar-refractivity contribution in [2.75, 3.05) is 11.9 Å². The van der Waals surface area contributed by atoms with Gasteiger partial charge in [-0.15, -0.1) is 0 Å². The molecule has 126 valence electrons. The molecule has 0 amide bonds. The van der Waals surface area contributed by atoms with Crippen molar-refractivity contribution < 1.29 is 13.7 Å². The highest BCUT2D eigenvalue weighted by Crippen LogP contribution is 2.39. The summed E-state index contributed by atoms with van der Waals surface area (Å²) in [6.07, 6.45) is 5.65. The number of oxazole rings is 1. The van der Waals surface area contributed by atoms with E-state index in [0.29, 0.717) is 10.0 Å². The van der Waals surface area contributed by atoms with Crippen molar-refractivity contribution in [2.45, 2.75) is 0 Å². The van der Waals surface area contributed by atoms with E-state index in [2.05, 4.69) is 0 Å². The summed E-state index contributed by atoms with van der Waals surface area (Å²) >= 11 is 12.1. The Kier molecular flexibility index (Phi) is 3.94. The third-order valence-corrected chi connectivity index (χ3v) is 4.60. The van der Waals surface area contributed by atoms with Crippen molar-refractivity contribution in [1.82, 2.24) is 0 Å². The van der Waals surface area contributed by atoms with Gasteiger partial charge in [-0.3, -0.25) is 0 Å². The number of hydrogen-bond acceptors (Lipinski definition) is 3. The fraction of sp³-hybridized carbons (Fsp3) is 0.105. The molecule has 4 nitrogen and oxygen atoms in total. The Bertz CT molecular complexity index is 1040. The molecule has 0 unspecified atom stereocenters. The Hall–Kier alpha value is -2.43.